The van der Waals surface area contributed by atoms with Gasteiger partial charge in [-0.25, -0.2) is 0 Å². The van der Waals surface area contributed by atoms with Crippen molar-refractivity contribution in [2.45, 2.75) is 44.8 Å². The van der Waals surface area contributed by atoms with Crippen molar-refractivity contribution in [1.29, 1.82) is 0 Å². The summed E-state index contributed by atoms with van der Waals surface area (Å²) in [6, 6.07) is 7.18. The molecule has 2 atom stereocenters. The van der Waals surface area contributed by atoms with Crippen LogP contribution >= 0.6 is 11.6 Å². The van der Waals surface area contributed by atoms with E-state index in [0.717, 1.165) is 25.0 Å². The smallest absolute Gasteiger partial charge is 0.247 e. The van der Waals surface area contributed by atoms with Crippen LogP contribution in [0.4, 0.5) is 0 Å². The molecule has 6 nitrogen and oxygen atoms in total. The number of ether oxygens (including phenoxy) is 1. The van der Waals surface area contributed by atoms with Gasteiger partial charge in [-0.2, -0.15) is 0 Å². The molecule has 24 heavy (non-hydrogen) atoms. The SMILES string of the molecule is C[C@H](NC(=O)CCc1nnc(-c2ccc(Cl)cc2)o1)[C@H]1CCCO1. The third-order valence-corrected chi connectivity index (χ3v) is 4.29. The number of aryl methyl sites for hydroxylation is 1. The molecule has 7 heteroatoms. The van der Waals surface area contributed by atoms with Crippen molar-refractivity contribution in [3.05, 3.63) is 35.2 Å². The Hall–Kier alpha value is -1.92. The Morgan fingerprint density at radius 2 is 2.17 bits per heavy atom. The highest BCUT2D eigenvalue weighted by Crippen LogP contribution is 2.20. The number of carbonyl (C=O) groups is 1. The average molecular weight is 350 g/mol. The molecule has 1 fully saturated rings. The fourth-order valence-electron chi connectivity index (χ4n) is 2.70. The Morgan fingerprint density at radius 1 is 1.38 bits per heavy atom. The lowest BCUT2D eigenvalue weighted by atomic mass is 10.1. The summed E-state index contributed by atoms with van der Waals surface area (Å²) >= 11 is 5.86. The second-order valence-corrected chi connectivity index (χ2v) is 6.35. The lowest BCUT2D eigenvalue weighted by molar-refractivity contribution is -0.122. The number of hydrogen-bond acceptors (Lipinski definition) is 5. The van der Waals surface area contributed by atoms with Gasteiger partial charge in [0.2, 0.25) is 17.7 Å². The monoisotopic (exact) mass is 349 g/mol. The van der Waals surface area contributed by atoms with Crippen molar-refractivity contribution in [3.8, 4) is 11.5 Å². The molecule has 0 saturated carbocycles. The fourth-order valence-corrected chi connectivity index (χ4v) is 2.83. The maximum Gasteiger partial charge on any atom is 0.247 e. The van der Waals surface area contributed by atoms with Gasteiger partial charge in [0.25, 0.3) is 0 Å². The molecule has 1 aromatic heterocycles. The summed E-state index contributed by atoms with van der Waals surface area (Å²) in [6.45, 7) is 2.75. The van der Waals surface area contributed by atoms with Gasteiger partial charge < -0.3 is 14.5 Å². The van der Waals surface area contributed by atoms with E-state index < -0.39 is 0 Å². The number of benzene rings is 1. The zero-order valence-electron chi connectivity index (χ0n) is 13.5. The van der Waals surface area contributed by atoms with Gasteiger partial charge in [0, 0.05) is 30.0 Å². The summed E-state index contributed by atoms with van der Waals surface area (Å²) in [5.74, 6) is 0.832. The first kappa shape index (κ1) is 16.9. The largest absolute Gasteiger partial charge is 0.421 e. The number of carbonyl (C=O) groups excluding carboxylic acids is 1. The predicted molar refractivity (Wildman–Crippen MR) is 89.6 cm³/mol. The molecule has 1 N–H and O–H groups in total. The molecule has 1 amide bonds. The lowest BCUT2D eigenvalue weighted by Gasteiger charge is -2.19. The van der Waals surface area contributed by atoms with E-state index >= 15 is 0 Å². The Balaban J connectivity index is 1.49. The Kier molecular flexibility index (Phi) is 5.48. The van der Waals surface area contributed by atoms with Crippen molar-refractivity contribution in [2.75, 3.05) is 6.61 Å². The minimum atomic E-state index is -0.0377. The highest BCUT2D eigenvalue weighted by Gasteiger charge is 2.23. The molecule has 1 saturated heterocycles. The van der Waals surface area contributed by atoms with Crippen LogP contribution in [0.15, 0.2) is 28.7 Å². The summed E-state index contributed by atoms with van der Waals surface area (Å²) in [7, 11) is 0. The second kappa shape index (κ2) is 7.77. The second-order valence-electron chi connectivity index (χ2n) is 5.92. The van der Waals surface area contributed by atoms with Gasteiger partial charge in [-0.3, -0.25) is 4.79 Å². The van der Waals surface area contributed by atoms with E-state index in [4.69, 9.17) is 20.8 Å². The number of nitrogens with one attached hydrogen (secondary N) is 1. The van der Waals surface area contributed by atoms with Crippen LogP contribution in [-0.4, -0.2) is 34.9 Å². The van der Waals surface area contributed by atoms with Crippen LogP contribution in [-0.2, 0) is 16.0 Å². The molecule has 1 aliphatic rings. The Bertz CT molecular complexity index is 681. The predicted octanol–water partition coefficient (Wildman–Crippen LogP) is 3.01. The summed E-state index contributed by atoms with van der Waals surface area (Å²) in [5.41, 5.74) is 0.801. The van der Waals surface area contributed by atoms with E-state index in [-0.39, 0.29) is 18.1 Å². The number of hydrogen-bond donors (Lipinski definition) is 1. The van der Waals surface area contributed by atoms with Gasteiger partial charge in [0.15, 0.2) is 0 Å². The van der Waals surface area contributed by atoms with E-state index in [9.17, 15) is 4.79 Å². The number of amides is 1. The minimum Gasteiger partial charge on any atom is -0.421 e. The molecular weight excluding hydrogens is 330 g/mol. The van der Waals surface area contributed by atoms with Crippen LogP contribution in [0.5, 0.6) is 0 Å². The summed E-state index contributed by atoms with van der Waals surface area (Å²) < 4.78 is 11.2. The molecule has 0 spiro atoms. The molecule has 0 bridgehead atoms. The van der Waals surface area contributed by atoms with Gasteiger partial charge in [0.05, 0.1) is 12.1 Å². The first-order valence-corrected chi connectivity index (χ1v) is 8.49. The normalized spacial score (nSPS) is 18.5. The van der Waals surface area contributed by atoms with Crippen LogP contribution in [0.2, 0.25) is 5.02 Å². The first-order chi connectivity index (χ1) is 11.6. The van der Waals surface area contributed by atoms with E-state index in [1.165, 1.54) is 0 Å². The maximum absolute atomic E-state index is 12.0. The molecule has 2 heterocycles. The number of nitrogens with zero attached hydrogens (tertiary/aromatic N) is 2. The average Bonchev–Trinajstić information content (AvgIpc) is 3.25. The Labute approximate surface area is 145 Å². The van der Waals surface area contributed by atoms with Crippen molar-refractivity contribution >= 4 is 17.5 Å². The molecular formula is C17H20ClN3O3. The molecule has 0 unspecified atom stereocenters. The van der Waals surface area contributed by atoms with Crippen molar-refractivity contribution in [1.82, 2.24) is 15.5 Å². The topological polar surface area (TPSA) is 77.3 Å². The van der Waals surface area contributed by atoms with Gasteiger partial charge in [-0.05, 0) is 44.0 Å². The van der Waals surface area contributed by atoms with E-state index in [0.29, 0.717) is 29.6 Å². The quantitative estimate of drug-likeness (QED) is 0.867. The van der Waals surface area contributed by atoms with Crippen LogP contribution < -0.4 is 5.32 Å². The van der Waals surface area contributed by atoms with Crippen molar-refractivity contribution in [2.24, 2.45) is 0 Å². The van der Waals surface area contributed by atoms with E-state index in [1.54, 1.807) is 12.1 Å². The van der Waals surface area contributed by atoms with E-state index in [1.807, 2.05) is 19.1 Å². The van der Waals surface area contributed by atoms with E-state index in [2.05, 4.69) is 15.5 Å². The number of aromatic nitrogens is 2. The van der Waals surface area contributed by atoms with Gasteiger partial charge in [-0.15, -0.1) is 10.2 Å². The van der Waals surface area contributed by atoms with Gasteiger partial charge in [0.1, 0.15) is 0 Å². The number of rotatable bonds is 6. The third-order valence-electron chi connectivity index (χ3n) is 4.04. The van der Waals surface area contributed by atoms with Gasteiger partial charge in [-0.1, -0.05) is 11.6 Å². The molecule has 3 rings (SSSR count). The molecule has 1 aliphatic heterocycles. The summed E-state index contributed by atoms with van der Waals surface area (Å²) in [5, 5.41) is 11.6. The standard InChI is InChI=1S/C17H20ClN3O3/c1-11(14-3-2-10-23-14)19-15(22)8-9-16-20-21-17(24-16)12-4-6-13(18)7-5-12/h4-7,11,14H,2-3,8-10H2,1H3,(H,19,22)/t11-,14+/m0/s1. The van der Waals surface area contributed by atoms with Crippen molar-refractivity contribution < 1.29 is 13.9 Å². The zero-order chi connectivity index (χ0) is 16.9. The van der Waals surface area contributed by atoms with Crippen LogP contribution in [0.3, 0.4) is 0 Å². The third kappa shape index (κ3) is 4.33. The van der Waals surface area contributed by atoms with Gasteiger partial charge >= 0.3 is 0 Å². The zero-order valence-corrected chi connectivity index (χ0v) is 14.3. The highest BCUT2D eigenvalue weighted by atomic mass is 35.5. The first-order valence-electron chi connectivity index (χ1n) is 8.11. The van der Waals surface area contributed by atoms with Crippen LogP contribution in [0, 0.1) is 0 Å². The maximum atomic E-state index is 12.0. The van der Waals surface area contributed by atoms with Crippen LogP contribution in [0.25, 0.3) is 11.5 Å². The molecule has 128 valence electrons. The summed E-state index contributed by atoms with van der Waals surface area (Å²) in [6.07, 6.45) is 2.88. The highest BCUT2D eigenvalue weighted by molar-refractivity contribution is 6.30. The number of halogens is 1. The molecule has 0 radical (unpaired) electrons. The lowest BCUT2D eigenvalue weighted by Crippen LogP contribution is -2.40. The Morgan fingerprint density at radius 3 is 2.88 bits per heavy atom. The van der Waals surface area contributed by atoms with Crippen molar-refractivity contribution in [3.63, 3.8) is 0 Å². The molecule has 2 aromatic rings. The molecule has 0 aliphatic carbocycles. The van der Waals surface area contributed by atoms with Crippen LogP contribution in [0.1, 0.15) is 32.1 Å². The minimum absolute atomic E-state index is 0.0207. The summed E-state index contributed by atoms with van der Waals surface area (Å²) in [4.78, 5) is 12.0. The molecule has 1 aromatic carbocycles. The fraction of sp³-hybridized carbons (Fsp3) is 0.471.